The fraction of sp³-hybridized carbons (Fsp3) is 0.292. The van der Waals surface area contributed by atoms with Gasteiger partial charge in [0.25, 0.3) is 0 Å². The van der Waals surface area contributed by atoms with Crippen LogP contribution in [0.2, 0.25) is 0 Å². The maximum absolute atomic E-state index is 12.7. The molecule has 144 valence electrons. The second-order valence-electron chi connectivity index (χ2n) is 7.50. The normalized spacial score (nSPS) is 15.6. The van der Waals surface area contributed by atoms with E-state index in [9.17, 15) is 4.79 Å². The molecule has 0 aliphatic heterocycles. The zero-order valence-electron chi connectivity index (χ0n) is 16.2. The van der Waals surface area contributed by atoms with Crippen LogP contribution in [0, 0.1) is 6.92 Å². The van der Waals surface area contributed by atoms with Crippen molar-refractivity contribution in [2.75, 3.05) is 6.54 Å². The fourth-order valence-corrected chi connectivity index (χ4v) is 3.96. The lowest BCUT2D eigenvalue weighted by atomic mass is 10.1. The van der Waals surface area contributed by atoms with Crippen molar-refractivity contribution < 1.29 is 9.21 Å². The van der Waals surface area contributed by atoms with Crippen molar-refractivity contribution in [2.24, 2.45) is 0 Å². The molecule has 0 saturated carbocycles. The molecule has 1 atom stereocenters. The van der Waals surface area contributed by atoms with E-state index in [2.05, 4.69) is 65.7 Å². The number of hydrogen-bond donors (Lipinski definition) is 1. The van der Waals surface area contributed by atoms with Crippen LogP contribution < -0.4 is 5.32 Å². The number of carbonyl (C=O) groups excluding carboxylic acids is 1. The monoisotopic (exact) mass is 374 g/mol. The zero-order chi connectivity index (χ0) is 19.3. The van der Waals surface area contributed by atoms with E-state index in [0.29, 0.717) is 13.1 Å². The standard InChI is InChI=1S/C24H26N2O2/c1-18-8-10-19(11-9-18)16-26(17-24(27)25-15-21-6-4-14-28-21)23-13-12-20-5-2-3-7-22(20)23/h2-11,14,23H,12-13,15-17H2,1H3,(H,25,27). The average molecular weight is 374 g/mol. The second-order valence-corrected chi connectivity index (χ2v) is 7.50. The second kappa shape index (κ2) is 8.44. The summed E-state index contributed by atoms with van der Waals surface area (Å²) < 4.78 is 5.31. The van der Waals surface area contributed by atoms with Crippen LogP contribution in [0.4, 0.5) is 0 Å². The van der Waals surface area contributed by atoms with Crippen LogP contribution in [0.1, 0.15) is 40.5 Å². The zero-order valence-corrected chi connectivity index (χ0v) is 16.2. The van der Waals surface area contributed by atoms with Gasteiger partial charge in [0.15, 0.2) is 0 Å². The van der Waals surface area contributed by atoms with Crippen molar-refractivity contribution in [3.05, 3.63) is 94.9 Å². The summed E-state index contributed by atoms with van der Waals surface area (Å²) in [5.74, 6) is 0.789. The maximum atomic E-state index is 12.7. The Bertz CT molecular complexity index is 916. The lowest BCUT2D eigenvalue weighted by molar-refractivity contribution is -0.123. The molecule has 0 radical (unpaired) electrons. The highest BCUT2D eigenvalue weighted by molar-refractivity contribution is 5.78. The number of hydrogen-bond acceptors (Lipinski definition) is 3. The van der Waals surface area contributed by atoms with Crippen LogP contribution in [0.5, 0.6) is 0 Å². The molecule has 4 rings (SSSR count). The minimum absolute atomic E-state index is 0.0212. The lowest BCUT2D eigenvalue weighted by Crippen LogP contribution is -2.38. The summed E-state index contributed by atoms with van der Waals surface area (Å²) in [6, 6.07) is 21.2. The Hall–Kier alpha value is -2.85. The van der Waals surface area contributed by atoms with E-state index in [1.165, 1.54) is 22.3 Å². The fourth-order valence-electron chi connectivity index (χ4n) is 3.96. The van der Waals surface area contributed by atoms with E-state index >= 15 is 0 Å². The molecular formula is C24H26N2O2. The Morgan fingerprint density at radius 3 is 2.71 bits per heavy atom. The molecule has 1 aliphatic carbocycles. The molecule has 28 heavy (non-hydrogen) atoms. The van der Waals surface area contributed by atoms with Gasteiger partial charge in [0.05, 0.1) is 19.4 Å². The highest BCUT2D eigenvalue weighted by Gasteiger charge is 2.29. The van der Waals surface area contributed by atoms with Gasteiger partial charge in [-0.25, -0.2) is 0 Å². The first-order valence-corrected chi connectivity index (χ1v) is 9.85. The molecule has 4 nitrogen and oxygen atoms in total. The van der Waals surface area contributed by atoms with Gasteiger partial charge in [0.1, 0.15) is 5.76 Å². The lowest BCUT2D eigenvalue weighted by Gasteiger charge is -2.29. The van der Waals surface area contributed by atoms with Crippen molar-refractivity contribution in [2.45, 2.75) is 38.9 Å². The summed E-state index contributed by atoms with van der Waals surface area (Å²) in [6.07, 6.45) is 3.75. The summed E-state index contributed by atoms with van der Waals surface area (Å²) in [5.41, 5.74) is 5.23. The number of carbonyl (C=O) groups is 1. The molecule has 2 aromatic carbocycles. The summed E-state index contributed by atoms with van der Waals surface area (Å²) >= 11 is 0. The van der Waals surface area contributed by atoms with Crippen molar-refractivity contribution in [3.63, 3.8) is 0 Å². The van der Waals surface area contributed by atoms with Gasteiger partial charge in [0.2, 0.25) is 5.91 Å². The van der Waals surface area contributed by atoms with Crippen molar-refractivity contribution in [1.29, 1.82) is 0 Å². The molecule has 1 aliphatic rings. The third-order valence-corrected chi connectivity index (χ3v) is 5.43. The number of rotatable bonds is 7. The van der Waals surface area contributed by atoms with Crippen molar-refractivity contribution in [3.8, 4) is 0 Å². The number of nitrogens with one attached hydrogen (secondary N) is 1. The smallest absolute Gasteiger partial charge is 0.234 e. The van der Waals surface area contributed by atoms with E-state index in [1.54, 1.807) is 6.26 Å². The van der Waals surface area contributed by atoms with Crippen LogP contribution in [-0.2, 0) is 24.3 Å². The van der Waals surface area contributed by atoms with Crippen LogP contribution >= 0.6 is 0 Å². The molecule has 1 heterocycles. The molecule has 1 unspecified atom stereocenters. The molecule has 1 amide bonds. The van der Waals surface area contributed by atoms with E-state index in [-0.39, 0.29) is 11.9 Å². The first-order valence-electron chi connectivity index (χ1n) is 9.85. The summed E-state index contributed by atoms with van der Waals surface area (Å²) in [7, 11) is 0. The maximum Gasteiger partial charge on any atom is 0.234 e. The van der Waals surface area contributed by atoms with Gasteiger partial charge < -0.3 is 9.73 Å². The van der Waals surface area contributed by atoms with Gasteiger partial charge in [-0.1, -0.05) is 54.1 Å². The van der Waals surface area contributed by atoms with E-state index in [1.807, 2.05) is 12.1 Å². The molecule has 3 aromatic rings. The Kier molecular flexibility index (Phi) is 5.58. The Labute approximate surface area is 166 Å². The van der Waals surface area contributed by atoms with Gasteiger partial charge in [-0.05, 0) is 48.6 Å². The van der Waals surface area contributed by atoms with Crippen LogP contribution in [0.3, 0.4) is 0 Å². The Morgan fingerprint density at radius 1 is 1.11 bits per heavy atom. The quantitative estimate of drug-likeness (QED) is 0.667. The Morgan fingerprint density at radius 2 is 1.93 bits per heavy atom. The van der Waals surface area contributed by atoms with Crippen LogP contribution in [0.15, 0.2) is 71.3 Å². The van der Waals surface area contributed by atoms with Gasteiger partial charge in [-0.2, -0.15) is 0 Å². The van der Waals surface area contributed by atoms with Gasteiger partial charge in [-0.3, -0.25) is 9.69 Å². The molecule has 0 fully saturated rings. The summed E-state index contributed by atoms with van der Waals surface area (Å²) in [5, 5.41) is 2.98. The van der Waals surface area contributed by atoms with E-state index in [0.717, 1.165) is 25.1 Å². The largest absolute Gasteiger partial charge is 0.467 e. The van der Waals surface area contributed by atoms with Gasteiger partial charge in [0, 0.05) is 12.6 Å². The SMILES string of the molecule is Cc1ccc(CN(CC(=O)NCc2ccco2)C2CCc3ccccc32)cc1. The van der Waals surface area contributed by atoms with Crippen molar-refractivity contribution >= 4 is 5.91 Å². The average Bonchev–Trinajstić information content (AvgIpc) is 3.37. The van der Waals surface area contributed by atoms with E-state index < -0.39 is 0 Å². The number of aryl methyl sites for hydroxylation is 2. The molecule has 4 heteroatoms. The number of nitrogens with zero attached hydrogens (tertiary/aromatic N) is 1. The van der Waals surface area contributed by atoms with Crippen molar-refractivity contribution in [1.82, 2.24) is 10.2 Å². The molecule has 1 N–H and O–H groups in total. The number of benzene rings is 2. The summed E-state index contributed by atoms with van der Waals surface area (Å²) in [6.45, 7) is 3.64. The molecule has 0 spiro atoms. The topological polar surface area (TPSA) is 45.5 Å². The Balaban J connectivity index is 1.49. The molecular weight excluding hydrogens is 348 g/mol. The minimum Gasteiger partial charge on any atom is -0.467 e. The predicted molar refractivity (Wildman–Crippen MR) is 110 cm³/mol. The molecule has 0 bridgehead atoms. The van der Waals surface area contributed by atoms with Gasteiger partial charge in [-0.15, -0.1) is 0 Å². The van der Waals surface area contributed by atoms with Crippen LogP contribution in [-0.4, -0.2) is 17.4 Å². The molecule has 1 aromatic heterocycles. The third kappa shape index (κ3) is 4.34. The minimum atomic E-state index is 0.0212. The van der Waals surface area contributed by atoms with Gasteiger partial charge >= 0.3 is 0 Å². The number of furan rings is 1. The third-order valence-electron chi connectivity index (χ3n) is 5.43. The number of fused-ring (bicyclic) bond motifs is 1. The summed E-state index contributed by atoms with van der Waals surface area (Å²) in [4.78, 5) is 15.0. The predicted octanol–water partition coefficient (Wildman–Crippen LogP) is 4.39. The number of amides is 1. The van der Waals surface area contributed by atoms with E-state index in [4.69, 9.17) is 4.42 Å². The highest BCUT2D eigenvalue weighted by atomic mass is 16.3. The first kappa shape index (κ1) is 18.5. The first-order chi connectivity index (χ1) is 13.7. The molecule has 0 saturated heterocycles. The van der Waals surface area contributed by atoms with Crippen LogP contribution in [0.25, 0.3) is 0 Å². The highest BCUT2D eigenvalue weighted by Crippen LogP contribution is 2.36.